The Labute approximate surface area is 294 Å². The number of hydrogen-bond donors (Lipinski definition) is 1. The Kier molecular flexibility index (Phi) is 9.87. The van der Waals surface area contributed by atoms with Crippen molar-refractivity contribution < 1.29 is 23.4 Å². The number of rotatable bonds is 12. The lowest BCUT2D eigenvalue weighted by atomic mass is 9.87. The fourth-order valence-corrected chi connectivity index (χ4v) is 7.24. The number of aliphatic hydroxyl groups excluding tert-OH is 1. The molecule has 0 amide bonds. The van der Waals surface area contributed by atoms with E-state index in [-0.39, 0.29) is 24.2 Å². The van der Waals surface area contributed by atoms with Crippen molar-refractivity contribution in [1.82, 2.24) is 29.1 Å². The minimum absolute atomic E-state index is 0.0121. The summed E-state index contributed by atoms with van der Waals surface area (Å²) in [7, 11) is 0. The highest BCUT2D eigenvalue weighted by molar-refractivity contribution is 5.54. The van der Waals surface area contributed by atoms with Crippen molar-refractivity contribution in [2.75, 3.05) is 49.2 Å². The fraction of sp³-hybridized carbons (Fsp3) is 0.405. The van der Waals surface area contributed by atoms with Gasteiger partial charge in [-0.1, -0.05) is 13.0 Å². The third-order valence-corrected chi connectivity index (χ3v) is 9.96. The second-order valence-electron chi connectivity index (χ2n) is 13.3. The number of nitrogens with zero attached hydrogens (tertiary/aromatic N) is 8. The van der Waals surface area contributed by atoms with Crippen LogP contribution in [0.3, 0.4) is 0 Å². The highest BCUT2D eigenvalue weighted by atomic mass is 19.1. The van der Waals surface area contributed by atoms with Gasteiger partial charge in [-0.15, -0.1) is 0 Å². The van der Waals surface area contributed by atoms with Gasteiger partial charge in [0.25, 0.3) is 0 Å². The summed E-state index contributed by atoms with van der Waals surface area (Å²) in [5.41, 5.74) is 1.93. The summed E-state index contributed by atoms with van der Waals surface area (Å²) in [5.74, 6) is -0.563. The molecule has 2 aliphatic rings. The number of halogens is 2. The van der Waals surface area contributed by atoms with E-state index in [1.165, 1.54) is 34.0 Å². The van der Waals surface area contributed by atoms with Crippen LogP contribution in [-0.4, -0.2) is 79.7 Å². The second-order valence-corrected chi connectivity index (χ2v) is 13.3. The zero-order valence-electron chi connectivity index (χ0n) is 28.7. The maximum absolute atomic E-state index is 15.0. The summed E-state index contributed by atoms with van der Waals surface area (Å²) in [6.07, 6.45) is 4.88. The van der Waals surface area contributed by atoms with E-state index in [0.29, 0.717) is 31.6 Å². The van der Waals surface area contributed by atoms with E-state index in [2.05, 4.69) is 37.1 Å². The molecule has 2 fully saturated rings. The Bertz CT molecular complexity index is 1960. The van der Waals surface area contributed by atoms with Gasteiger partial charge >= 0.3 is 5.69 Å². The van der Waals surface area contributed by atoms with E-state index in [0.717, 1.165) is 55.1 Å². The average Bonchev–Trinajstić information content (AvgIpc) is 3.90. The molecule has 2 aromatic heterocycles. The summed E-state index contributed by atoms with van der Waals surface area (Å²) in [6, 6.07) is 19.2. The van der Waals surface area contributed by atoms with Crippen LogP contribution in [0, 0.1) is 17.6 Å². The Morgan fingerprint density at radius 2 is 1.61 bits per heavy atom. The predicted molar refractivity (Wildman–Crippen MR) is 187 cm³/mol. The van der Waals surface area contributed by atoms with Crippen LogP contribution >= 0.6 is 0 Å². The standard InChI is InChI=1S/C37H42F2N8O4/c1-3-35(26(2)48)47-36(49)46(25-42-47)31-7-5-29(6-8-31)43-14-16-44(17-15-43)30-9-11-32(12-10-30)50-20-27-19-37(51-21-27,22-45-24-40-23-41-45)33-13-4-28(38)18-34(33)39/h4-13,18,23-27,35,48H,3,14-17,19-22H2,1-2H3/t26-,27?,35-,37?/m1/s1. The number of benzene rings is 3. The molecule has 0 saturated carbocycles. The summed E-state index contributed by atoms with van der Waals surface area (Å²) >= 11 is 0. The van der Waals surface area contributed by atoms with Crippen LogP contribution in [0.5, 0.6) is 5.75 Å². The molecule has 0 spiro atoms. The Morgan fingerprint density at radius 3 is 2.22 bits per heavy atom. The summed E-state index contributed by atoms with van der Waals surface area (Å²) in [4.78, 5) is 21.7. The molecule has 0 bridgehead atoms. The largest absolute Gasteiger partial charge is 0.493 e. The molecule has 5 aromatic rings. The van der Waals surface area contributed by atoms with Gasteiger partial charge in [0.2, 0.25) is 0 Å². The molecule has 14 heteroatoms. The zero-order valence-corrected chi connectivity index (χ0v) is 28.7. The van der Waals surface area contributed by atoms with Crippen molar-refractivity contribution in [2.45, 2.75) is 51.0 Å². The molecule has 4 heterocycles. The molecule has 2 saturated heterocycles. The molecule has 7 rings (SSSR count). The van der Waals surface area contributed by atoms with E-state index in [1.807, 2.05) is 43.3 Å². The van der Waals surface area contributed by atoms with Gasteiger partial charge in [0.15, 0.2) is 0 Å². The van der Waals surface area contributed by atoms with E-state index in [9.17, 15) is 18.7 Å². The van der Waals surface area contributed by atoms with Gasteiger partial charge in [0, 0.05) is 55.1 Å². The van der Waals surface area contributed by atoms with Gasteiger partial charge < -0.3 is 24.4 Å². The van der Waals surface area contributed by atoms with Gasteiger partial charge in [-0.05, 0) is 74.4 Å². The first-order valence-corrected chi connectivity index (χ1v) is 17.3. The second kappa shape index (κ2) is 14.6. The molecule has 0 aliphatic carbocycles. The van der Waals surface area contributed by atoms with Crippen LogP contribution in [0.2, 0.25) is 0 Å². The zero-order chi connectivity index (χ0) is 35.5. The van der Waals surface area contributed by atoms with Crippen molar-refractivity contribution in [3.8, 4) is 11.4 Å². The van der Waals surface area contributed by atoms with Gasteiger partial charge in [0.1, 0.15) is 42.0 Å². The van der Waals surface area contributed by atoms with Gasteiger partial charge in [-0.2, -0.15) is 10.2 Å². The molecular formula is C37H42F2N8O4. The summed E-state index contributed by atoms with van der Waals surface area (Å²) in [6.45, 7) is 7.97. The lowest BCUT2D eigenvalue weighted by molar-refractivity contribution is -0.0206. The van der Waals surface area contributed by atoms with Crippen LogP contribution in [-0.2, 0) is 16.9 Å². The van der Waals surface area contributed by atoms with Crippen LogP contribution < -0.4 is 20.2 Å². The Hall–Kier alpha value is -5.08. The molecule has 2 aliphatic heterocycles. The Morgan fingerprint density at radius 1 is 0.941 bits per heavy atom. The molecule has 2 unspecified atom stereocenters. The van der Waals surface area contributed by atoms with Crippen molar-refractivity contribution in [3.05, 3.63) is 113 Å². The van der Waals surface area contributed by atoms with Crippen LogP contribution in [0.4, 0.5) is 20.2 Å². The third-order valence-electron chi connectivity index (χ3n) is 9.96. The number of hydrogen-bond acceptors (Lipinski definition) is 9. The van der Waals surface area contributed by atoms with Crippen LogP contribution in [0.1, 0.15) is 38.3 Å². The number of anilines is 2. The number of ether oxygens (including phenoxy) is 2. The molecular weight excluding hydrogens is 658 g/mol. The SMILES string of the molecule is CC[C@H]([C@@H](C)O)n1ncn(-c2ccc(N3CCN(c4ccc(OCC5COC(Cn6cncn6)(c6ccc(F)cc6F)C5)cc4)CC3)cc2)c1=O. The molecule has 268 valence electrons. The normalized spacial score (nSPS) is 20.5. The maximum atomic E-state index is 15.0. The molecule has 3 aromatic carbocycles. The van der Waals surface area contributed by atoms with Crippen LogP contribution in [0.25, 0.3) is 5.69 Å². The highest BCUT2D eigenvalue weighted by Gasteiger charge is 2.44. The van der Waals surface area contributed by atoms with E-state index >= 15 is 0 Å². The van der Waals surface area contributed by atoms with Gasteiger partial charge in [-0.3, -0.25) is 0 Å². The van der Waals surface area contributed by atoms with E-state index in [1.54, 1.807) is 17.9 Å². The minimum atomic E-state index is -1.02. The number of aliphatic hydroxyl groups is 1. The van der Waals surface area contributed by atoms with Crippen molar-refractivity contribution in [1.29, 1.82) is 0 Å². The Balaban J connectivity index is 0.923. The molecule has 4 atom stereocenters. The number of piperazine rings is 1. The monoisotopic (exact) mass is 700 g/mol. The van der Waals surface area contributed by atoms with Gasteiger partial charge in [0.05, 0.1) is 37.6 Å². The van der Waals surface area contributed by atoms with Crippen molar-refractivity contribution in [2.24, 2.45) is 5.92 Å². The molecule has 51 heavy (non-hydrogen) atoms. The van der Waals surface area contributed by atoms with Gasteiger partial charge in [-0.25, -0.2) is 32.5 Å². The lowest BCUT2D eigenvalue weighted by Crippen LogP contribution is -2.46. The predicted octanol–water partition coefficient (Wildman–Crippen LogP) is 4.57. The third kappa shape index (κ3) is 7.24. The first kappa shape index (κ1) is 34.4. The van der Waals surface area contributed by atoms with Crippen molar-refractivity contribution >= 4 is 11.4 Å². The van der Waals surface area contributed by atoms with Crippen LogP contribution in [0.15, 0.2) is 90.5 Å². The maximum Gasteiger partial charge on any atom is 0.350 e. The first-order valence-electron chi connectivity index (χ1n) is 17.3. The molecule has 12 nitrogen and oxygen atoms in total. The first-order chi connectivity index (χ1) is 24.7. The van der Waals surface area contributed by atoms with Crippen molar-refractivity contribution in [3.63, 3.8) is 0 Å². The lowest BCUT2D eigenvalue weighted by Gasteiger charge is -2.37. The highest BCUT2D eigenvalue weighted by Crippen LogP contribution is 2.42. The topological polar surface area (TPSA) is 116 Å². The van der Waals surface area contributed by atoms with E-state index < -0.39 is 23.3 Å². The number of aromatic nitrogens is 6. The van der Waals surface area contributed by atoms with E-state index in [4.69, 9.17) is 9.47 Å². The fourth-order valence-electron chi connectivity index (χ4n) is 7.24. The summed E-state index contributed by atoms with van der Waals surface area (Å²) < 4.78 is 45.6. The smallest absolute Gasteiger partial charge is 0.350 e. The molecule has 0 radical (unpaired) electrons. The summed E-state index contributed by atoms with van der Waals surface area (Å²) in [5, 5.41) is 18.5. The minimum Gasteiger partial charge on any atom is -0.493 e. The average molecular weight is 701 g/mol. The quantitative estimate of drug-likeness (QED) is 0.200. The molecule has 1 N–H and O–H groups in total.